The normalized spacial score (nSPS) is 13.6. The number of rotatable bonds is 10. The van der Waals surface area contributed by atoms with Gasteiger partial charge in [0.25, 0.3) is 0 Å². The SMILES string of the molecule is C=C(C)/C=C(\C=C/C)C[C@@H](C(=O)OC)[C@@H](Cc1ccc(O)c(OC)c1)C(=O)OC. The van der Waals surface area contributed by atoms with Gasteiger partial charge in [0, 0.05) is 0 Å². The molecule has 0 amide bonds. The lowest BCUT2D eigenvalue weighted by Gasteiger charge is -2.24. The van der Waals surface area contributed by atoms with Gasteiger partial charge in [-0.3, -0.25) is 9.59 Å². The van der Waals surface area contributed by atoms with Crippen molar-refractivity contribution in [3.05, 3.63) is 59.7 Å². The highest BCUT2D eigenvalue weighted by Gasteiger charge is 2.36. The van der Waals surface area contributed by atoms with Crippen LogP contribution in [0.4, 0.5) is 0 Å². The van der Waals surface area contributed by atoms with Crippen molar-refractivity contribution in [3.63, 3.8) is 0 Å². The van der Waals surface area contributed by atoms with Crippen molar-refractivity contribution in [1.29, 1.82) is 0 Å². The second kappa shape index (κ2) is 11.7. The van der Waals surface area contributed by atoms with Crippen LogP contribution in [0.1, 0.15) is 25.8 Å². The molecule has 0 aromatic heterocycles. The number of carbonyl (C=O) groups is 2. The molecule has 0 bridgehead atoms. The lowest BCUT2D eigenvalue weighted by Crippen LogP contribution is -2.33. The number of hydrogen-bond acceptors (Lipinski definition) is 6. The molecule has 6 heteroatoms. The fraction of sp³-hybridized carbons (Fsp3) is 0.391. The number of hydrogen-bond donors (Lipinski definition) is 1. The molecule has 2 atom stereocenters. The number of esters is 2. The summed E-state index contributed by atoms with van der Waals surface area (Å²) in [7, 11) is 4.03. The highest BCUT2D eigenvalue weighted by Crippen LogP contribution is 2.31. The van der Waals surface area contributed by atoms with E-state index in [1.165, 1.54) is 27.4 Å². The zero-order valence-corrected chi connectivity index (χ0v) is 17.7. The first-order chi connectivity index (χ1) is 13.8. The molecule has 0 aliphatic heterocycles. The van der Waals surface area contributed by atoms with E-state index in [1.54, 1.807) is 12.1 Å². The second-order valence-corrected chi connectivity index (χ2v) is 6.74. The van der Waals surface area contributed by atoms with E-state index in [0.717, 1.165) is 16.7 Å². The number of methoxy groups -OCH3 is 3. The minimum absolute atomic E-state index is 0.00449. The standard InChI is InChI=1S/C23H30O6/c1-7-8-16(11-15(2)3)12-18(22(25)28-5)19(23(26)29-6)13-17-9-10-20(24)21(14-17)27-4/h7-11,14,18-19,24H,2,12-13H2,1,3-6H3/b8-7-,16-11+/t18-,19-/m1/s1. The Morgan fingerprint density at radius 2 is 1.76 bits per heavy atom. The predicted molar refractivity (Wildman–Crippen MR) is 112 cm³/mol. The fourth-order valence-corrected chi connectivity index (χ4v) is 3.14. The summed E-state index contributed by atoms with van der Waals surface area (Å²) in [5.41, 5.74) is 2.41. The molecule has 0 saturated heterocycles. The van der Waals surface area contributed by atoms with E-state index < -0.39 is 23.8 Å². The van der Waals surface area contributed by atoms with Crippen molar-refractivity contribution in [2.24, 2.45) is 11.8 Å². The lowest BCUT2D eigenvalue weighted by molar-refractivity contribution is -0.157. The summed E-state index contributed by atoms with van der Waals surface area (Å²) < 4.78 is 15.1. The molecule has 1 aromatic carbocycles. The van der Waals surface area contributed by atoms with Gasteiger partial charge in [-0.05, 0) is 50.0 Å². The van der Waals surface area contributed by atoms with Crippen molar-refractivity contribution in [3.8, 4) is 11.5 Å². The quantitative estimate of drug-likeness (QED) is 0.471. The zero-order valence-electron chi connectivity index (χ0n) is 17.7. The largest absolute Gasteiger partial charge is 0.504 e. The number of benzene rings is 1. The molecule has 1 aromatic rings. The van der Waals surface area contributed by atoms with Crippen LogP contribution in [0, 0.1) is 11.8 Å². The van der Waals surface area contributed by atoms with Gasteiger partial charge < -0.3 is 19.3 Å². The van der Waals surface area contributed by atoms with E-state index in [9.17, 15) is 14.7 Å². The number of phenols is 1. The van der Waals surface area contributed by atoms with Crippen molar-refractivity contribution in [2.75, 3.05) is 21.3 Å². The Balaban J connectivity index is 3.34. The smallest absolute Gasteiger partial charge is 0.309 e. The summed E-state index contributed by atoms with van der Waals surface area (Å²) >= 11 is 0. The lowest BCUT2D eigenvalue weighted by atomic mass is 9.82. The summed E-state index contributed by atoms with van der Waals surface area (Å²) in [5, 5.41) is 9.81. The molecular weight excluding hydrogens is 372 g/mol. The predicted octanol–water partition coefficient (Wildman–Crippen LogP) is 3.99. The molecule has 0 unspecified atom stereocenters. The van der Waals surface area contributed by atoms with Gasteiger partial charge in [-0.2, -0.15) is 0 Å². The van der Waals surface area contributed by atoms with Gasteiger partial charge in [-0.15, -0.1) is 0 Å². The van der Waals surface area contributed by atoms with E-state index in [2.05, 4.69) is 6.58 Å². The average molecular weight is 402 g/mol. The molecule has 0 radical (unpaired) electrons. The Morgan fingerprint density at radius 1 is 1.14 bits per heavy atom. The molecule has 29 heavy (non-hydrogen) atoms. The van der Waals surface area contributed by atoms with Crippen LogP contribution < -0.4 is 4.74 Å². The number of carbonyl (C=O) groups excluding carboxylic acids is 2. The van der Waals surface area contributed by atoms with Crippen LogP contribution in [-0.2, 0) is 25.5 Å². The fourth-order valence-electron chi connectivity index (χ4n) is 3.14. The Kier molecular flexibility index (Phi) is 9.72. The van der Waals surface area contributed by atoms with Crippen molar-refractivity contribution in [1.82, 2.24) is 0 Å². The van der Waals surface area contributed by atoms with Crippen LogP contribution in [0.3, 0.4) is 0 Å². The first-order valence-electron chi connectivity index (χ1n) is 9.27. The summed E-state index contributed by atoms with van der Waals surface area (Å²) in [6.07, 6.45) is 6.12. The molecule has 158 valence electrons. The maximum atomic E-state index is 12.6. The first kappa shape index (κ1) is 24.0. The van der Waals surface area contributed by atoms with Gasteiger partial charge in [0.2, 0.25) is 0 Å². The Labute approximate surface area is 172 Å². The third-order valence-corrected chi connectivity index (χ3v) is 4.46. The number of phenolic OH excluding ortho intramolecular Hbond substituents is 1. The van der Waals surface area contributed by atoms with Crippen LogP contribution in [0.25, 0.3) is 0 Å². The Morgan fingerprint density at radius 3 is 2.28 bits per heavy atom. The van der Waals surface area contributed by atoms with Crippen LogP contribution >= 0.6 is 0 Å². The Bertz CT molecular complexity index is 791. The second-order valence-electron chi connectivity index (χ2n) is 6.74. The molecule has 0 fully saturated rings. The van der Waals surface area contributed by atoms with Crippen LogP contribution in [-0.4, -0.2) is 38.4 Å². The molecule has 0 aliphatic rings. The van der Waals surface area contributed by atoms with E-state index in [0.29, 0.717) is 6.42 Å². The summed E-state index contributed by atoms with van der Waals surface area (Å²) in [6, 6.07) is 4.80. The molecule has 0 spiro atoms. The van der Waals surface area contributed by atoms with E-state index in [1.807, 2.05) is 32.1 Å². The minimum atomic E-state index is -0.777. The Hall–Kier alpha value is -3.02. The van der Waals surface area contributed by atoms with Gasteiger partial charge in [0.15, 0.2) is 11.5 Å². The topological polar surface area (TPSA) is 82.1 Å². The first-order valence-corrected chi connectivity index (χ1v) is 9.27. The van der Waals surface area contributed by atoms with Gasteiger partial charge in [0.1, 0.15) is 0 Å². The molecule has 6 nitrogen and oxygen atoms in total. The number of ether oxygens (including phenoxy) is 3. The highest BCUT2D eigenvalue weighted by molar-refractivity contribution is 5.82. The maximum absolute atomic E-state index is 12.6. The summed E-state index contributed by atoms with van der Waals surface area (Å²) in [5.74, 6) is -2.26. The third kappa shape index (κ3) is 7.14. The van der Waals surface area contributed by atoms with Crippen LogP contribution in [0.5, 0.6) is 11.5 Å². The molecule has 1 N–H and O–H groups in total. The maximum Gasteiger partial charge on any atom is 0.309 e. The number of aromatic hydroxyl groups is 1. The molecule has 0 saturated carbocycles. The van der Waals surface area contributed by atoms with Crippen molar-refractivity contribution in [2.45, 2.75) is 26.7 Å². The molecule has 1 rings (SSSR count). The van der Waals surface area contributed by atoms with Crippen LogP contribution in [0.15, 0.2) is 54.2 Å². The van der Waals surface area contributed by atoms with Crippen LogP contribution in [0.2, 0.25) is 0 Å². The van der Waals surface area contributed by atoms with Crippen molar-refractivity contribution < 1.29 is 28.9 Å². The summed E-state index contributed by atoms with van der Waals surface area (Å²) in [6.45, 7) is 7.62. The molecule has 0 aliphatic carbocycles. The van der Waals surface area contributed by atoms with Crippen molar-refractivity contribution >= 4 is 11.9 Å². The van der Waals surface area contributed by atoms with E-state index >= 15 is 0 Å². The molecule has 0 heterocycles. The van der Waals surface area contributed by atoms with Gasteiger partial charge in [-0.1, -0.05) is 36.4 Å². The highest BCUT2D eigenvalue weighted by atomic mass is 16.5. The van der Waals surface area contributed by atoms with Gasteiger partial charge in [-0.25, -0.2) is 0 Å². The monoisotopic (exact) mass is 402 g/mol. The third-order valence-electron chi connectivity index (χ3n) is 4.46. The number of allylic oxidation sites excluding steroid dienone is 5. The van der Waals surface area contributed by atoms with E-state index in [-0.39, 0.29) is 17.9 Å². The summed E-state index contributed by atoms with van der Waals surface area (Å²) in [4.78, 5) is 25.2. The van der Waals surface area contributed by atoms with Gasteiger partial charge >= 0.3 is 11.9 Å². The zero-order chi connectivity index (χ0) is 22.0. The van der Waals surface area contributed by atoms with E-state index in [4.69, 9.17) is 14.2 Å². The molecular formula is C23H30O6. The average Bonchev–Trinajstić information content (AvgIpc) is 2.70. The van der Waals surface area contributed by atoms with Gasteiger partial charge in [0.05, 0.1) is 33.2 Å². The minimum Gasteiger partial charge on any atom is -0.504 e.